The van der Waals surface area contributed by atoms with Crippen molar-refractivity contribution in [2.75, 3.05) is 0 Å². The van der Waals surface area contributed by atoms with Gasteiger partial charge in [-0.15, -0.1) is 11.3 Å². The fourth-order valence-corrected chi connectivity index (χ4v) is 3.11. The van der Waals surface area contributed by atoms with Gasteiger partial charge >= 0.3 is 0 Å². The van der Waals surface area contributed by atoms with Crippen LogP contribution in [0.3, 0.4) is 0 Å². The van der Waals surface area contributed by atoms with Gasteiger partial charge in [-0.1, -0.05) is 26.7 Å². The van der Waals surface area contributed by atoms with Gasteiger partial charge in [-0.05, 0) is 42.7 Å². The van der Waals surface area contributed by atoms with Crippen molar-refractivity contribution in [2.24, 2.45) is 5.92 Å². The smallest absolute Gasteiger partial charge is 0.0912 e. The highest BCUT2D eigenvalue weighted by Crippen LogP contribution is 2.34. The van der Waals surface area contributed by atoms with Crippen molar-refractivity contribution in [3.63, 3.8) is 0 Å². The van der Waals surface area contributed by atoms with E-state index in [1.807, 2.05) is 0 Å². The van der Waals surface area contributed by atoms with Crippen molar-refractivity contribution in [3.05, 3.63) is 21.9 Å². The summed E-state index contributed by atoms with van der Waals surface area (Å²) in [6.07, 6.45) is 4.33. The molecule has 1 aromatic rings. The molecule has 1 N–H and O–H groups in total. The van der Waals surface area contributed by atoms with Gasteiger partial charge in [-0.2, -0.15) is 0 Å². The van der Waals surface area contributed by atoms with Crippen molar-refractivity contribution in [2.45, 2.75) is 52.6 Å². The standard InChI is InChI=1S/C13H22OS/c1-4-6-11(7-5-2)12(14)13-10(3)8-9-15-13/h8-9,11-12,14H,4-7H2,1-3H3. The van der Waals surface area contributed by atoms with Gasteiger partial charge in [0, 0.05) is 4.88 Å². The molecule has 0 bridgehead atoms. The predicted octanol–water partition coefficient (Wildman–Crippen LogP) is 4.31. The van der Waals surface area contributed by atoms with E-state index in [-0.39, 0.29) is 6.10 Å². The van der Waals surface area contributed by atoms with Crippen LogP contribution in [0.4, 0.5) is 0 Å². The van der Waals surface area contributed by atoms with Crippen LogP contribution in [0, 0.1) is 12.8 Å². The van der Waals surface area contributed by atoms with E-state index in [9.17, 15) is 5.11 Å². The largest absolute Gasteiger partial charge is 0.387 e. The van der Waals surface area contributed by atoms with Crippen molar-refractivity contribution in [1.82, 2.24) is 0 Å². The number of rotatable bonds is 6. The Labute approximate surface area is 97.2 Å². The van der Waals surface area contributed by atoms with Gasteiger partial charge in [0.2, 0.25) is 0 Å². The quantitative estimate of drug-likeness (QED) is 0.766. The number of aliphatic hydroxyl groups excluding tert-OH is 1. The van der Waals surface area contributed by atoms with Crippen LogP contribution in [0.15, 0.2) is 11.4 Å². The summed E-state index contributed by atoms with van der Waals surface area (Å²) in [5.74, 6) is 0.442. The molecule has 2 heteroatoms. The molecule has 1 atom stereocenters. The van der Waals surface area contributed by atoms with Crippen molar-refractivity contribution in [3.8, 4) is 0 Å². The van der Waals surface area contributed by atoms with Crippen LogP contribution in [0.5, 0.6) is 0 Å². The van der Waals surface area contributed by atoms with Crippen molar-refractivity contribution >= 4 is 11.3 Å². The molecule has 0 radical (unpaired) electrons. The van der Waals surface area contributed by atoms with E-state index < -0.39 is 0 Å². The second-order valence-corrected chi connectivity index (χ2v) is 5.20. The third-order valence-corrected chi connectivity index (χ3v) is 4.03. The fourth-order valence-electron chi connectivity index (χ4n) is 2.10. The first-order valence-corrected chi connectivity index (χ1v) is 6.80. The highest BCUT2D eigenvalue weighted by molar-refractivity contribution is 7.10. The zero-order chi connectivity index (χ0) is 11.3. The monoisotopic (exact) mass is 226 g/mol. The fraction of sp³-hybridized carbons (Fsp3) is 0.692. The van der Waals surface area contributed by atoms with E-state index in [1.54, 1.807) is 11.3 Å². The molecule has 0 saturated heterocycles. The molecule has 1 rings (SSSR count). The highest BCUT2D eigenvalue weighted by Gasteiger charge is 2.21. The van der Waals surface area contributed by atoms with Gasteiger partial charge in [0.05, 0.1) is 6.10 Å². The van der Waals surface area contributed by atoms with Crippen LogP contribution in [0.25, 0.3) is 0 Å². The lowest BCUT2D eigenvalue weighted by Crippen LogP contribution is -2.12. The van der Waals surface area contributed by atoms with Crippen LogP contribution < -0.4 is 0 Å². The Morgan fingerprint density at radius 2 is 1.87 bits per heavy atom. The first kappa shape index (κ1) is 12.7. The summed E-state index contributed by atoms with van der Waals surface area (Å²) in [7, 11) is 0. The van der Waals surface area contributed by atoms with E-state index in [0.29, 0.717) is 5.92 Å². The third-order valence-electron chi connectivity index (χ3n) is 2.94. The first-order chi connectivity index (χ1) is 7.20. The Morgan fingerprint density at radius 1 is 1.27 bits per heavy atom. The average Bonchev–Trinajstić information content (AvgIpc) is 2.63. The second-order valence-electron chi connectivity index (χ2n) is 4.25. The highest BCUT2D eigenvalue weighted by atomic mass is 32.1. The molecule has 0 aliphatic rings. The number of thiophene rings is 1. The molecule has 1 unspecified atom stereocenters. The lowest BCUT2D eigenvalue weighted by molar-refractivity contribution is 0.0992. The van der Waals surface area contributed by atoms with Crippen molar-refractivity contribution < 1.29 is 5.11 Å². The van der Waals surface area contributed by atoms with E-state index in [1.165, 1.54) is 10.4 Å². The molecule has 0 aromatic carbocycles. The number of hydrogen-bond acceptors (Lipinski definition) is 2. The molecule has 1 heterocycles. The number of hydrogen-bond donors (Lipinski definition) is 1. The van der Waals surface area contributed by atoms with Crippen molar-refractivity contribution in [1.29, 1.82) is 0 Å². The predicted molar refractivity (Wildman–Crippen MR) is 67.3 cm³/mol. The number of aliphatic hydroxyl groups is 1. The molecular weight excluding hydrogens is 204 g/mol. The average molecular weight is 226 g/mol. The van der Waals surface area contributed by atoms with Gasteiger partial charge in [0.1, 0.15) is 0 Å². The molecule has 1 nitrogen and oxygen atoms in total. The summed E-state index contributed by atoms with van der Waals surface area (Å²) in [5, 5.41) is 12.4. The minimum atomic E-state index is -0.245. The van der Waals surface area contributed by atoms with Gasteiger partial charge in [-0.3, -0.25) is 0 Å². The normalized spacial score (nSPS) is 13.4. The van der Waals surface area contributed by atoms with Crippen LogP contribution in [-0.2, 0) is 0 Å². The van der Waals surface area contributed by atoms with Gasteiger partial charge < -0.3 is 5.11 Å². The second kappa shape index (κ2) is 6.29. The third kappa shape index (κ3) is 3.32. The minimum absolute atomic E-state index is 0.245. The Kier molecular flexibility index (Phi) is 5.34. The zero-order valence-corrected chi connectivity index (χ0v) is 10.8. The van der Waals surface area contributed by atoms with Crippen LogP contribution in [-0.4, -0.2) is 5.11 Å². The molecule has 86 valence electrons. The van der Waals surface area contributed by atoms with Crippen LogP contribution in [0.1, 0.15) is 56.1 Å². The summed E-state index contributed by atoms with van der Waals surface area (Å²) < 4.78 is 0. The van der Waals surface area contributed by atoms with Gasteiger partial charge in [-0.25, -0.2) is 0 Å². The van der Waals surface area contributed by atoms with Gasteiger partial charge in [0.25, 0.3) is 0 Å². The summed E-state index contributed by atoms with van der Waals surface area (Å²) in [5.41, 5.74) is 1.24. The minimum Gasteiger partial charge on any atom is -0.387 e. The van der Waals surface area contributed by atoms with E-state index in [2.05, 4.69) is 32.2 Å². The summed E-state index contributed by atoms with van der Waals surface area (Å²) in [6.45, 7) is 6.47. The summed E-state index contributed by atoms with van der Waals surface area (Å²) in [4.78, 5) is 1.17. The summed E-state index contributed by atoms with van der Waals surface area (Å²) >= 11 is 1.69. The van der Waals surface area contributed by atoms with E-state index in [0.717, 1.165) is 25.7 Å². The molecule has 1 aromatic heterocycles. The topological polar surface area (TPSA) is 20.2 Å². The Morgan fingerprint density at radius 3 is 2.27 bits per heavy atom. The lowest BCUT2D eigenvalue weighted by atomic mass is 9.90. The molecule has 0 aliphatic heterocycles. The Bertz CT molecular complexity index is 274. The summed E-state index contributed by atoms with van der Waals surface area (Å²) in [6, 6.07) is 2.10. The number of aryl methyl sites for hydroxylation is 1. The molecule has 0 spiro atoms. The van der Waals surface area contributed by atoms with Crippen LogP contribution in [0.2, 0.25) is 0 Å². The molecule has 0 aliphatic carbocycles. The molecular formula is C13H22OS. The molecule has 0 amide bonds. The first-order valence-electron chi connectivity index (χ1n) is 5.92. The van der Waals surface area contributed by atoms with E-state index in [4.69, 9.17) is 0 Å². The maximum atomic E-state index is 10.3. The Hall–Kier alpha value is -0.340. The Balaban J connectivity index is 2.71. The molecule has 0 fully saturated rings. The van der Waals surface area contributed by atoms with Gasteiger partial charge in [0.15, 0.2) is 0 Å². The molecule has 0 saturated carbocycles. The van der Waals surface area contributed by atoms with E-state index >= 15 is 0 Å². The lowest BCUT2D eigenvalue weighted by Gasteiger charge is -2.21. The van der Waals surface area contributed by atoms with Crippen LogP contribution >= 0.6 is 11.3 Å². The maximum absolute atomic E-state index is 10.3. The molecule has 15 heavy (non-hydrogen) atoms. The SMILES string of the molecule is CCCC(CCC)C(O)c1sccc1C. The zero-order valence-electron chi connectivity index (χ0n) is 9.99. The maximum Gasteiger partial charge on any atom is 0.0912 e.